The molecule has 0 unspecified atom stereocenters. The first-order valence-corrected chi connectivity index (χ1v) is 7.10. The molecule has 0 aromatic heterocycles. The van der Waals surface area contributed by atoms with E-state index in [1.165, 1.54) is 0 Å². The Kier molecular flexibility index (Phi) is 5.18. The fourth-order valence-electron chi connectivity index (χ4n) is 2.38. The Hall–Kier alpha value is -1.81. The number of piperazine rings is 1. The summed E-state index contributed by atoms with van der Waals surface area (Å²) in [6.07, 6.45) is 1.91. The van der Waals surface area contributed by atoms with Crippen molar-refractivity contribution in [2.75, 3.05) is 39.3 Å². The number of amides is 1. The Labute approximate surface area is 120 Å². The van der Waals surface area contributed by atoms with Gasteiger partial charge in [-0.1, -0.05) is 12.1 Å². The molecule has 0 N–H and O–H groups in total. The number of ether oxygens (including phenoxy) is 1. The average Bonchev–Trinajstić information content (AvgIpc) is 2.48. The summed E-state index contributed by atoms with van der Waals surface area (Å²) in [6.45, 7) is 10.5. The van der Waals surface area contributed by atoms with Gasteiger partial charge in [0, 0.05) is 38.3 Å². The second-order valence-electron chi connectivity index (χ2n) is 4.84. The lowest BCUT2D eigenvalue weighted by Crippen LogP contribution is -2.48. The summed E-state index contributed by atoms with van der Waals surface area (Å²) in [5.74, 6) is 0.841. The smallest absolute Gasteiger partial charge is 0.254 e. The highest BCUT2D eigenvalue weighted by Gasteiger charge is 2.21. The minimum absolute atomic E-state index is 0.0878. The molecular weight excluding hydrogens is 252 g/mol. The van der Waals surface area contributed by atoms with Crippen molar-refractivity contribution in [3.8, 4) is 5.75 Å². The molecule has 4 heteroatoms. The molecular formula is C16H22N2O2. The van der Waals surface area contributed by atoms with Gasteiger partial charge in [0.25, 0.3) is 5.91 Å². The van der Waals surface area contributed by atoms with E-state index in [1.54, 1.807) is 0 Å². The van der Waals surface area contributed by atoms with E-state index in [2.05, 4.69) is 11.5 Å². The minimum Gasteiger partial charge on any atom is -0.494 e. The third kappa shape index (κ3) is 3.61. The van der Waals surface area contributed by atoms with E-state index in [1.807, 2.05) is 42.2 Å². The molecule has 2 rings (SSSR count). The predicted octanol–water partition coefficient (Wildman–Crippen LogP) is 2.03. The van der Waals surface area contributed by atoms with E-state index in [-0.39, 0.29) is 5.91 Å². The van der Waals surface area contributed by atoms with E-state index < -0.39 is 0 Å². The molecule has 1 aliphatic rings. The summed E-state index contributed by atoms with van der Waals surface area (Å²) < 4.78 is 5.44. The molecule has 1 fully saturated rings. The monoisotopic (exact) mass is 274 g/mol. The minimum atomic E-state index is 0.0878. The van der Waals surface area contributed by atoms with Crippen LogP contribution in [-0.4, -0.2) is 55.0 Å². The normalized spacial score (nSPS) is 15.9. The number of hydrogen-bond donors (Lipinski definition) is 0. The summed E-state index contributed by atoms with van der Waals surface area (Å²) >= 11 is 0. The summed E-state index contributed by atoms with van der Waals surface area (Å²) in [6, 6.07) is 7.41. The number of nitrogens with zero attached hydrogens (tertiary/aromatic N) is 2. The third-order valence-electron chi connectivity index (χ3n) is 3.44. The van der Waals surface area contributed by atoms with Crippen LogP contribution in [0.15, 0.2) is 36.9 Å². The van der Waals surface area contributed by atoms with Gasteiger partial charge in [0.2, 0.25) is 0 Å². The van der Waals surface area contributed by atoms with Crippen LogP contribution in [0.3, 0.4) is 0 Å². The Bertz CT molecular complexity index is 465. The summed E-state index contributed by atoms with van der Waals surface area (Å²) in [7, 11) is 0. The van der Waals surface area contributed by atoms with E-state index in [0.29, 0.717) is 12.2 Å². The molecule has 0 bridgehead atoms. The zero-order chi connectivity index (χ0) is 14.4. The molecule has 0 atom stereocenters. The van der Waals surface area contributed by atoms with E-state index in [4.69, 9.17) is 4.74 Å². The molecule has 1 aliphatic heterocycles. The molecule has 0 spiro atoms. The molecule has 0 aliphatic carbocycles. The number of hydrogen-bond acceptors (Lipinski definition) is 3. The highest BCUT2D eigenvalue weighted by atomic mass is 16.5. The van der Waals surface area contributed by atoms with Crippen LogP contribution in [0.25, 0.3) is 0 Å². The fourth-order valence-corrected chi connectivity index (χ4v) is 2.38. The maximum atomic E-state index is 12.5. The molecule has 1 amide bonds. The molecule has 1 aromatic rings. The number of benzene rings is 1. The Morgan fingerprint density at radius 1 is 1.35 bits per heavy atom. The Balaban J connectivity index is 1.98. The van der Waals surface area contributed by atoms with Gasteiger partial charge < -0.3 is 9.64 Å². The van der Waals surface area contributed by atoms with Crippen LogP contribution in [0.4, 0.5) is 0 Å². The average molecular weight is 274 g/mol. The summed E-state index contributed by atoms with van der Waals surface area (Å²) in [5, 5.41) is 0. The second-order valence-corrected chi connectivity index (χ2v) is 4.84. The maximum Gasteiger partial charge on any atom is 0.254 e. The zero-order valence-corrected chi connectivity index (χ0v) is 12.0. The standard InChI is InChI=1S/C16H22N2O2/c1-3-8-17-9-11-18(12-10-17)16(19)14-6-5-7-15(13-14)20-4-2/h3,5-7,13H,1,4,8-12H2,2H3. The number of carbonyl (C=O) groups excluding carboxylic acids is 1. The van der Waals surface area contributed by atoms with Crippen molar-refractivity contribution < 1.29 is 9.53 Å². The Morgan fingerprint density at radius 2 is 2.10 bits per heavy atom. The maximum absolute atomic E-state index is 12.5. The van der Waals surface area contributed by atoms with Crippen molar-refractivity contribution in [1.29, 1.82) is 0 Å². The SMILES string of the molecule is C=CCN1CCN(C(=O)c2cccc(OCC)c2)CC1. The van der Waals surface area contributed by atoms with Crippen LogP contribution < -0.4 is 4.74 Å². The van der Waals surface area contributed by atoms with Gasteiger partial charge in [0.1, 0.15) is 5.75 Å². The first-order chi connectivity index (χ1) is 9.74. The molecule has 0 saturated carbocycles. The van der Waals surface area contributed by atoms with Crippen LogP contribution in [-0.2, 0) is 0 Å². The van der Waals surface area contributed by atoms with Gasteiger partial charge in [0.15, 0.2) is 0 Å². The topological polar surface area (TPSA) is 32.8 Å². The third-order valence-corrected chi connectivity index (χ3v) is 3.44. The van der Waals surface area contributed by atoms with Crippen molar-refractivity contribution in [3.05, 3.63) is 42.5 Å². The van der Waals surface area contributed by atoms with Crippen molar-refractivity contribution in [3.63, 3.8) is 0 Å². The lowest BCUT2D eigenvalue weighted by Gasteiger charge is -2.34. The fraction of sp³-hybridized carbons (Fsp3) is 0.438. The first-order valence-electron chi connectivity index (χ1n) is 7.10. The van der Waals surface area contributed by atoms with Crippen molar-refractivity contribution in [2.45, 2.75) is 6.92 Å². The first kappa shape index (κ1) is 14.6. The highest BCUT2D eigenvalue weighted by molar-refractivity contribution is 5.94. The zero-order valence-electron chi connectivity index (χ0n) is 12.0. The lowest BCUT2D eigenvalue weighted by atomic mass is 10.1. The predicted molar refractivity (Wildman–Crippen MR) is 80.2 cm³/mol. The summed E-state index contributed by atoms with van der Waals surface area (Å²) in [5.41, 5.74) is 0.702. The van der Waals surface area contributed by atoms with Crippen molar-refractivity contribution in [2.24, 2.45) is 0 Å². The van der Waals surface area contributed by atoms with Gasteiger partial charge in [-0.3, -0.25) is 9.69 Å². The van der Waals surface area contributed by atoms with Gasteiger partial charge in [0.05, 0.1) is 6.61 Å². The number of rotatable bonds is 5. The molecule has 0 radical (unpaired) electrons. The van der Waals surface area contributed by atoms with Crippen molar-refractivity contribution in [1.82, 2.24) is 9.80 Å². The van der Waals surface area contributed by atoms with Crippen LogP contribution in [0.1, 0.15) is 17.3 Å². The molecule has 1 heterocycles. The Morgan fingerprint density at radius 3 is 2.75 bits per heavy atom. The van der Waals surface area contributed by atoms with E-state index >= 15 is 0 Å². The van der Waals surface area contributed by atoms with Crippen LogP contribution in [0, 0.1) is 0 Å². The quantitative estimate of drug-likeness (QED) is 0.770. The molecule has 1 aromatic carbocycles. The summed E-state index contributed by atoms with van der Waals surface area (Å²) in [4.78, 5) is 16.7. The second kappa shape index (κ2) is 7.10. The number of carbonyl (C=O) groups is 1. The van der Waals surface area contributed by atoms with Gasteiger partial charge in [-0.05, 0) is 25.1 Å². The molecule has 108 valence electrons. The van der Waals surface area contributed by atoms with Crippen LogP contribution >= 0.6 is 0 Å². The lowest BCUT2D eigenvalue weighted by molar-refractivity contribution is 0.0650. The van der Waals surface area contributed by atoms with Gasteiger partial charge >= 0.3 is 0 Å². The molecule has 4 nitrogen and oxygen atoms in total. The van der Waals surface area contributed by atoms with Crippen LogP contribution in [0.5, 0.6) is 5.75 Å². The molecule has 1 saturated heterocycles. The van der Waals surface area contributed by atoms with Crippen molar-refractivity contribution >= 4 is 5.91 Å². The van der Waals surface area contributed by atoms with Gasteiger partial charge in [-0.15, -0.1) is 6.58 Å². The van der Waals surface area contributed by atoms with Gasteiger partial charge in [-0.25, -0.2) is 0 Å². The van der Waals surface area contributed by atoms with Gasteiger partial charge in [-0.2, -0.15) is 0 Å². The van der Waals surface area contributed by atoms with E-state index in [9.17, 15) is 4.79 Å². The largest absolute Gasteiger partial charge is 0.494 e. The highest BCUT2D eigenvalue weighted by Crippen LogP contribution is 2.16. The van der Waals surface area contributed by atoms with Crippen LogP contribution in [0.2, 0.25) is 0 Å². The van der Waals surface area contributed by atoms with E-state index in [0.717, 1.165) is 38.5 Å². The molecule has 20 heavy (non-hydrogen) atoms.